The molecule has 0 amide bonds. The molecule has 0 heterocycles. The molecular formula is C24H18N2O6. The highest BCUT2D eigenvalue weighted by Gasteiger charge is 2.10. The monoisotopic (exact) mass is 430 g/mol. The van der Waals surface area contributed by atoms with Crippen molar-refractivity contribution in [2.24, 2.45) is 0 Å². The fourth-order valence-corrected chi connectivity index (χ4v) is 2.96. The maximum atomic E-state index is 11.1. The maximum absolute atomic E-state index is 11.1. The second-order valence-corrected chi connectivity index (χ2v) is 6.68. The van der Waals surface area contributed by atoms with E-state index < -0.39 is 10.9 Å². The molecule has 0 aromatic heterocycles. The molecule has 8 nitrogen and oxygen atoms in total. The van der Waals surface area contributed by atoms with Gasteiger partial charge in [-0.2, -0.15) is 5.26 Å². The highest BCUT2D eigenvalue weighted by atomic mass is 16.6. The van der Waals surface area contributed by atoms with Crippen LogP contribution in [0.5, 0.6) is 11.5 Å². The van der Waals surface area contributed by atoms with Crippen molar-refractivity contribution in [3.05, 3.63) is 99.1 Å². The number of methoxy groups -OCH3 is 1. The lowest BCUT2D eigenvalue weighted by molar-refractivity contribution is -0.384. The Kier molecular flexibility index (Phi) is 6.83. The van der Waals surface area contributed by atoms with Gasteiger partial charge in [-0.3, -0.25) is 10.1 Å². The van der Waals surface area contributed by atoms with Crippen molar-refractivity contribution in [2.45, 2.75) is 6.61 Å². The minimum Gasteiger partial charge on any atom is -0.493 e. The van der Waals surface area contributed by atoms with Gasteiger partial charge in [0.25, 0.3) is 5.69 Å². The minimum absolute atomic E-state index is 0.0527. The molecule has 0 aliphatic heterocycles. The lowest BCUT2D eigenvalue weighted by Crippen LogP contribution is -2.01. The summed E-state index contributed by atoms with van der Waals surface area (Å²) in [5.74, 6) is -0.116. The van der Waals surface area contributed by atoms with E-state index in [4.69, 9.17) is 14.6 Å². The third kappa shape index (κ3) is 5.29. The largest absolute Gasteiger partial charge is 0.493 e. The van der Waals surface area contributed by atoms with Gasteiger partial charge in [0.1, 0.15) is 6.61 Å². The van der Waals surface area contributed by atoms with Crippen LogP contribution in [0, 0.1) is 21.4 Å². The van der Waals surface area contributed by atoms with Crippen molar-refractivity contribution in [2.75, 3.05) is 7.11 Å². The molecule has 1 N–H and O–H groups in total. The van der Waals surface area contributed by atoms with Crippen LogP contribution in [0.25, 0.3) is 11.6 Å². The number of hydrogen-bond acceptors (Lipinski definition) is 6. The van der Waals surface area contributed by atoms with Crippen LogP contribution in [0.15, 0.2) is 66.7 Å². The first-order chi connectivity index (χ1) is 15.4. The zero-order valence-electron chi connectivity index (χ0n) is 17.0. The van der Waals surface area contributed by atoms with Gasteiger partial charge in [0.15, 0.2) is 11.5 Å². The second kappa shape index (κ2) is 9.91. The highest BCUT2D eigenvalue weighted by Crippen LogP contribution is 2.31. The Hall–Kier alpha value is -4.64. The molecular weight excluding hydrogens is 412 g/mol. The van der Waals surface area contributed by atoms with E-state index in [-0.39, 0.29) is 17.9 Å². The van der Waals surface area contributed by atoms with Crippen LogP contribution in [-0.2, 0) is 6.61 Å². The number of hydrogen-bond donors (Lipinski definition) is 1. The molecule has 160 valence electrons. The Balaban J connectivity index is 1.81. The van der Waals surface area contributed by atoms with Crippen LogP contribution in [0.1, 0.15) is 27.0 Å². The standard InChI is InChI=1S/C24H18N2O6/c1-31-23-13-16(11-20(14-25)18-6-8-21(9-7-18)26(29)30)5-10-22(23)32-15-17-3-2-4-19(12-17)24(27)28/h2-13H,15H2,1H3,(H,27,28)/b20-11-. The fraction of sp³-hybridized carbons (Fsp3) is 0.0833. The number of nitro benzene ring substituents is 1. The van der Waals surface area contributed by atoms with Crippen LogP contribution >= 0.6 is 0 Å². The average Bonchev–Trinajstić information content (AvgIpc) is 2.81. The summed E-state index contributed by atoms with van der Waals surface area (Å²) >= 11 is 0. The Morgan fingerprint density at radius 3 is 2.47 bits per heavy atom. The molecule has 0 aliphatic rings. The van der Waals surface area contributed by atoms with Gasteiger partial charge >= 0.3 is 5.97 Å². The number of nitriles is 1. The van der Waals surface area contributed by atoms with Crippen LogP contribution in [-0.4, -0.2) is 23.1 Å². The Morgan fingerprint density at radius 1 is 1.09 bits per heavy atom. The topological polar surface area (TPSA) is 123 Å². The van der Waals surface area contributed by atoms with Crippen LogP contribution in [0.3, 0.4) is 0 Å². The van der Waals surface area contributed by atoms with Gasteiger partial charge in [0.05, 0.1) is 29.2 Å². The van der Waals surface area contributed by atoms with Crippen LogP contribution in [0.2, 0.25) is 0 Å². The predicted molar refractivity (Wildman–Crippen MR) is 117 cm³/mol. The van der Waals surface area contributed by atoms with E-state index in [9.17, 15) is 20.2 Å². The molecule has 0 saturated heterocycles. The van der Waals surface area contributed by atoms with E-state index in [0.29, 0.717) is 33.8 Å². The first kappa shape index (κ1) is 22.1. The first-order valence-electron chi connectivity index (χ1n) is 9.41. The third-order valence-electron chi connectivity index (χ3n) is 4.58. The molecule has 0 unspecified atom stereocenters. The number of carbonyl (C=O) groups is 1. The third-order valence-corrected chi connectivity index (χ3v) is 4.58. The van der Waals surface area contributed by atoms with Crippen LogP contribution in [0.4, 0.5) is 5.69 Å². The molecule has 0 bridgehead atoms. The number of rotatable bonds is 8. The van der Waals surface area contributed by atoms with Gasteiger partial charge < -0.3 is 14.6 Å². The summed E-state index contributed by atoms with van der Waals surface area (Å²) < 4.78 is 11.2. The summed E-state index contributed by atoms with van der Waals surface area (Å²) in [7, 11) is 1.49. The van der Waals surface area contributed by atoms with E-state index in [0.717, 1.165) is 0 Å². The second-order valence-electron chi connectivity index (χ2n) is 6.68. The van der Waals surface area contributed by atoms with E-state index in [2.05, 4.69) is 6.07 Å². The summed E-state index contributed by atoms with van der Waals surface area (Å²) in [6.07, 6.45) is 1.64. The molecule has 32 heavy (non-hydrogen) atoms. The zero-order valence-corrected chi connectivity index (χ0v) is 17.0. The molecule has 3 aromatic carbocycles. The molecule has 0 radical (unpaired) electrons. The summed E-state index contributed by atoms with van der Waals surface area (Å²) in [4.78, 5) is 21.4. The molecule has 8 heteroatoms. The lowest BCUT2D eigenvalue weighted by atomic mass is 10.0. The fourth-order valence-electron chi connectivity index (χ4n) is 2.96. The van der Waals surface area contributed by atoms with Gasteiger partial charge in [-0.15, -0.1) is 0 Å². The quantitative estimate of drug-likeness (QED) is 0.232. The molecule has 0 fully saturated rings. The summed E-state index contributed by atoms with van der Waals surface area (Å²) in [5, 5.41) is 29.4. The van der Waals surface area contributed by atoms with Crippen molar-refractivity contribution >= 4 is 23.3 Å². The number of carboxylic acid groups (broad SMARTS) is 1. The molecule has 3 aromatic rings. The smallest absolute Gasteiger partial charge is 0.335 e. The Morgan fingerprint density at radius 2 is 1.84 bits per heavy atom. The first-order valence-corrected chi connectivity index (χ1v) is 9.41. The van der Waals surface area contributed by atoms with E-state index in [1.807, 2.05) is 0 Å². The van der Waals surface area contributed by atoms with E-state index in [1.165, 1.54) is 43.5 Å². The number of allylic oxidation sites excluding steroid dienone is 1. The normalized spacial score (nSPS) is 10.8. The number of carboxylic acids is 1. The van der Waals surface area contributed by atoms with E-state index >= 15 is 0 Å². The molecule has 0 aliphatic carbocycles. The summed E-state index contributed by atoms with van der Waals surface area (Å²) in [5.41, 5.74) is 2.38. The number of aromatic carboxylic acids is 1. The van der Waals surface area contributed by atoms with Gasteiger partial charge in [-0.25, -0.2) is 4.79 Å². The number of nitro groups is 1. The lowest BCUT2D eigenvalue weighted by Gasteiger charge is -2.12. The molecule has 0 saturated carbocycles. The average molecular weight is 430 g/mol. The van der Waals surface area contributed by atoms with Crippen molar-refractivity contribution in [1.82, 2.24) is 0 Å². The molecule has 0 spiro atoms. The summed E-state index contributed by atoms with van der Waals surface area (Å²) in [6.45, 7) is 0.152. The number of nitrogens with zero attached hydrogens (tertiary/aromatic N) is 2. The van der Waals surface area contributed by atoms with Gasteiger partial charge in [-0.05, 0) is 59.2 Å². The molecule has 3 rings (SSSR count). The maximum Gasteiger partial charge on any atom is 0.335 e. The summed E-state index contributed by atoms with van der Waals surface area (Å²) in [6, 6.07) is 19.4. The van der Waals surface area contributed by atoms with Gasteiger partial charge in [-0.1, -0.05) is 18.2 Å². The predicted octanol–water partition coefficient (Wildman–Crippen LogP) is 4.94. The number of non-ortho nitro benzene ring substituents is 1. The van der Waals surface area contributed by atoms with Crippen molar-refractivity contribution in [3.8, 4) is 17.6 Å². The number of ether oxygens (including phenoxy) is 2. The Labute approximate surface area is 183 Å². The minimum atomic E-state index is -1.01. The van der Waals surface area contributed by atoms with Gasteiger partial charge in [0.2, 0.25) is 0 Å². The number of benzene rings is 3. The van der Waals surface area contributed by atoms with Crippen molar-refractivity contribution < 1.29 is 24.3 Å². The Bertz CT molecular complexity index is 1230. The van der Waals surface area contributed by atoms with Crippen molar-refractivity contribution in [1.29, 1.82) is 5.26 Å². The zero-order chi connectivity index (χ0) is 23.1. The highest BCUT2D eigenvalue weighted by molar-refractivity contribution is 5.90. The molecule has 0 atom stereocenters. The van der Waals surface area contributed by atoms with E-state index in [1.54, 1.807) is 36.4 Å². The van der Waals surface area contributed by atoms with Crippen molar-refractivity contribution in [3.63, 3.8) is 0 Å². The van der Waals surface area contributed by atoms with Crippen LogP contribution < -0.4 is 9.47 Å². The van der Waals surface area contributed by atoms with Gasteiger partial charge in [0, 0.05) is 12.1 Å². The SMILES string of the molecule is COc1cc(/C=C(/C#N)c2ccc([N+](=O)[O-])cc2)ccc1OCc1cccc(C(=O)O)c1.